The Balaban J connectivity index is 1.80. The van der Waals surface area contributed by atoms with E-state index >= 15 is 0 Å². The number of unbranched alkanes of at least 4 members (excludes halogenated alkanes) is 6. The Hall–Kier alpha value is -2.57. The molecule has 2 saturated heterocycles. The zero-order valence-corrected chi connectivity index (χ0v) is 35.9. The van der Waals surface area contributed by atoms with Crippen molar-refractivity contribution in [1.82, 2.24) is 5.32 Å². The van der Waals surface area contributed by atoms with Crippen molar-refractivity contribution in [1.29, 1.82) is 0 Å². The lowest BCUT2D eigenvalue weighted by Gasteiger charge is -2.46. The van der Waals surface area contributed by atoms with E-state index < -0.39 is 86.8 Å². The third-order valence-corrected chi connectivity index (χ3v) is 10.4. The van der Waals surface area contributed by atoms with Gasteiger partial charge in [-0.05, 0) is 64.2 Å². The lowest BCUT2D eigenvalue weighted by molar-refractivity contribution is -0.359. The number of hydrogen-bond acceptors (Lipinski definition) is 13. The first-order valence-corrected chi connectivity index (χ1v) is 22.2. The molecule has 0 aromatic rings. The van der Waals surface area contributed by atoms with Gasteiger partial charge in [0.25, 0.3) is 0 Å². The first-order chi connectivity index (χ1) is 29.1. The van der Waals surface area contributed by atoms with Crippen molar-refractivity contribution in [2.45, 2.75) is 190 Å². The van der Waals surface area contributed by atoms with Crippen molar-refractivity contribution in [2.75, 3.05) is 19.8 Å². The standard InChI is InChI=1S/C46H77NO13/c1-3-5-7-9-10-11-12-13-14-15-16-17-18-19-20-21-22-23-24-26-28-30-38(51)47-34(35(50)29-27-25-8-6-4-2)33-57-45-43(56)41(54)44(37(32-49)59-45)60-46-42(55)40(53)39(52)36(31-48)58-46/h5,7,10-11,13-14,16-17,19-20,22-23,34-37,39-46,48-50,52-56H,3-4,6,8-9,12,15,18,21,24-33H2,1-2H3,(H,47,51)/b7-5-,11-10-,14-13-,17-16-,20-19-,23-22-. The number of carbonyl (C=O) groups is 1. The fraction of sp³-hybridized carbons (Fsp3) is 0.717. The average molecular weight is 852 g/mol. The number of carbonyl (C=O) groups excluding carboxylic acids is 1. The van der Waals surface area contributed by atoms with Crippen LogP contribution in [0, 0.1) is 0 Å². The fourth-order valence-electron chi connectivity index (χ4n) is 6.77. The normalized spacial score (nSPS) is 29.0. The fourth-order valence-corrected chi connectivity index (χ4v) is 6.77. The number of nitrogens with one attached hydrogen (secondary N) is 1. The summed E-state index contributed by atoms with van der Waals surface area (Å²) in [6.45, 7) is 2.56. The van der Waals surface area contributed by atoms with Crippen LogP contribution in [-0.4, -0.2) is 140 Å². The first kappa shape index (κ1) is 53.6. The molecule has 14 nitrogen and oxygen atoms in total. The topological polar surface area (TPSA) is 228 Å². The Morgan fingerprint density at radius 3 is 1.72 bits per heavy atom. The molecule has 344 valence electrons. The summed E-state index contributed by atoms with van der Waals surface area (Å²) in [4.78, 5) is 13.0. The highest BCUT2D eigenvalue weighted by atomic mass is 16.7. The lowest BCUT2D eigenvalue weighted by Crippen LogP contribution is -2.65. The molecular weight excluding hydrogens is 775 g/mol. The summed E-state index contributed by atoms with van der Waals surface area (Å²) >= 11 is 0. The molecule has 60 heavy (non-hydrogen) atoms. The van der Waals surface area contributed by atoms with E-state index in [2.05, 4.69) is 92.1 Å². The maximum absolute atomic E-state index is 13.0. The summed E-state index contributed by atoms with van der Waals surface area (Å²) in [6.07, 6.45) is 22.6. The Morgan fingerprint density at radius 1 is 0.617 bits per heavy atom. The van der Waals surface area contributed by atoms with Crippen LogP contribution in [0.1, 0.15) is 117 Å². The van der Waals surface area contributed by atoms with Crippen molar-refractivity contribution in [2.24, 2.45) is 0 Å². The molecule has 9 N–H and O–H groups in total. The Kier molecular flexibility index (Phi) is 29.5. The lowest BCUT2D eigenvalue weighted by atomic mass is 9.97. The van der Waals surface area contributed by atoms with E-state index in [0.717, 1.165) is 83.5 Å². The van der Waals surface area contributed by atoms with Gasteiger partial charge < -0.3 is 65.1 Å². The molecule has 0 spiro atoms. The van der Waals surface area contributed by atoms with Crippen molar-refractivity contribution >= 4 is 5.91 Å². The van der Waals surface area contributed by atoms with Crippen LogP contribution in [0.2, 0.25) is 0 Å². The van der Waals surface area contributed by atoms with Crippen LogP contribution in [0.3, 0.4) is 0 Å². The molecule has 0 aliphatic carbocycles. The van der Waals surface area contributed by atoms with E-state index in [4.69, 9.17) is 18.9 Å². The Morgan fingerprint density at radius 2 is 1.15 bits per heavy atom. The summed E-state index contributed by atoms with van der Waals surface area (Å²) in [7, 11) is 0. The predicted octanol–water partition coefficient (Wildman–Crippen LogP) is 4.09. The van der Waals surface area contributed by atoms with Gasteiger partial charge >= 0.3 is 0 Å². The molecule has 0 bridgehead atoms. The van der Waals surface area contributed by atoms with Gasteiger partial charge in [-0.2, -0.15) is 0 Å². The molecule has 0 aromatic carbocycles. The van der Waals surface area contributed by atoms with Crippen molar-refractivity contribution < 1.29 is 64.6 Å². The van der Waals surface area contributed by atoms with Crippen LogP contribution in [0.25, 0.3) is 0 Å². The summed E-state index contributed by atoms with van der Waals surface area (Å²) in [5.41, 5.74) is 0. The van der Waals surface area contributed by atoms with Crippen LogP contribution in [0.4, 0.5) is 0 Å². The Labute approximate surface area is 358 Å². The second-order valence-electron chi connectivity index (χ2n) is 15.4. The van der Waals surface area contributed by atoms with E-state index in [1.807, 2.05) is 0 Å². The van der Waals surface area contributed by atoms with Crippen LogP contribution < -0.4 is 5.32 Å². The quantitative estimate of drug-likeness (QED) is 0.0354. The number of hydrogen-bond donors (Lipinski definition) is 9. The molecule has 12 atom stereocenters. The van der Waals surface area contributed by atoms with Crippen LogP contribution in [-0.2, 0) is 23.7 Å². The minimum absolute atomic E-state index is 0.243. The van der Waals surface area contributed by atoms with Crippen LogP contribution >= 0.6 is 0 Å². The summed E-state index contributed by atoms with van der Waals surface area (Å²) in [6, 6.07) is -0.851. The highest BCUT2D eigenvalue weighted by Gasteiger charge is 2.51. The third-order valence-electron chi connectivity index (χ3n) is 10.4. The third kappa shape index (κ3) is 21.0. The maximum atomic E-state index is 13.0. The zero-order valence-electron chi connectivity index (χ0n) is 35.9. The number of aliphatic hydroxyl groups is 8. The highest BCUT2D eigenvalue weighted by molar-refractivity contribution is 5.76. The van der Waals surface area contributed by atoms with Crippen molar-refractivity contribution in [3.8, 4) is 0 Å². The summed E-state index contributed by atoms with van der Waals surface area (Å²) in [5.74, 6) is -0.261. The largest absolute Gasteiger partial charge is 0.394 e. The molecule has 12 unspecified atom stereocenters. The van der Waals surface area contributed by atoms with E-state index in [0.29, 0.717) is 12.8 Å². The minimum Gasteiger partial charge on any atom is -0.394 e. The Bertz CT molecular complexity index is 1280. The van der Waals surface area contributed by atoms with Gasteiger partial charge in [-0.1, -0.05) is 119 Å². The van der Waals surface area contributed by atoms with Gasteiger partial charge in [0, 0.05) is 6.42 Å². The maximum Gasteiger partial charge on any atom is 0.220 e. The monoisotopic (exact) mass is 852 g/mol. The number of allylic oxidation sites excluding steroid dienone is 12. The highest BCUT2D eigenvalue weighted by Crippen LogP contribution is 2.30. The molecule has 0 radical (unpaired) electrons. The molecule has 2 aliphatic heterocycles. The van der Waals surface area contributed by atoms with Gasteiger partial charge in [-0.3, -0.25) is 4.79 Å². The smallest absolute Gasteiger partial charge is 0.220 e. The van der Waals surface area contributed by atoms with Gasteiger partial charge in [0.05, 0.1) is 32.0 Å². The number of amides is 1. The molecule has 2 heterocycles. The predicted molar refractivity (Wildman–Crippen MR) is 230 cm³/mol. The SMILES string of the molecule is CC/C=C\C/C=C\C/C=C\C/C=C\C/C=C\C/C=C\CCCCC(=O)NC(COC1OC(CO)C(OC2OC(CO)C(O)C(O)C2O)C(O)C1O)C(O)CCCCCCC. The van der Waals surface area contributed by atoms with Crippen LogP contribution in [0.5, 0.6) is 0 Å². The summed E-state index contributed by atoms with van der Waals surface area (Å²) in [5, 5.41) is 86.1. The molecule has 0 saturated carbocycles. The van der Waals surface area contributed by atoms with Gasteiger partial charge in [0.15, 0.2) is 12.6 Å². The van der Waals surface area contributed by atoms with Gasteiger partial charge in [0.2, 0.25) is 5.91 Å². The zero-order chi connectivity index (χ0) is 44.0. The molecule has 2 aliphatic rings. The van der Waals surface area contributed by atoms with Gasteiger partial charge in [-0.25, -0.2) is 0 Å². The van der Waals surface area contributed by atoms with Gasteiger partial charge in [0.1, 0.15) is 48.8 Å². The van der Waals surface area contributed by atoms with E-state index in [-0.39, 0.29) is 18.9 Å². The molecule has 0 aromatic heterocycles. The second-order valence-corrected chi connectivity index (χ2v) is 15.4. The average Bonchev–Trinajstić information content (AvgIpc) is 3.24. The molecule has 2 fully saturated rings. The molecule has 1 amide bonds. The van der Waals surface area contributed by atoms with E-state index in [1.54, 1.807) is 0 Å². The van der Waals surface area contributed by atoms with E-state index in [9.17, 15) is 45.6 Å². The van der Waals surface area contributed by atoms with E-state index in [1.165, 1.54) is 0 Å². The molecular formula is C46H77NO13. The number of ether oxygens (including phenoxy) is 4. The van der Waals surface area contributed by atoms with Crippen LogP contribution in [0.15, 0.2) is 72.9 Å². The van der Waals surface area contributed by atoms with Crippen molar-refractivity contribution in [3.05, 3.63) is 72.9 Å². The number of rotatable bonds is 31. The number of aliphatic hydroxyl groups excluding tert-OH is 8. The second kappa shape index (κ2) is 33.0. The summed E-state index contributed by atoms with van der Waals surface area (Å²) < 4.78 is 22.5. The minimum atomic E-state index is -1.79. The van der Waals surface area contributed by atoms with Gasteiger partial charge in [-0.15, -0.1) is 0 Å². The molecule has 2 rings (SSSR count). The van der Waals surface area contributed by atoms with Crippen molar-refractivity contribution in [3.63, 3.8) is 0 Å². The first-order valence-electron chi connectivity index (χ1n) is 22.2. The molecule has 14 heteroatoms.